The van der Waals surface area contributed by atoms with E-state index in [0.717, 1.165) is 16.0 Å². The zero-order chi connectivity index (χ0) is 25.9. The molecule has 0 spiro atoms. The first-order valence-electron chi connectivity index (χ1n) is 11.1. The molecule has 2 aliphatic heterocycles. The summed E-state index contributed by atoms with van der Waals surface area (Å²) in [6.07, 6.45) is -0.470. The van der Waals surface area contributed by atoms with Crippen molar-refractivity contribution in [2.45, 2.75) is 46.4 Å². The number of nitrogens with two attached hydrogens (primary N) is 1. The summed E-state index contributed by atoms with van der Waals surface area (Å²) in [7, 11) is -3.58. The summed E-state index contributed by atoms with van der Waals surface area (Å²) in [4.78, 5) is 1.17. The lowest BCUT2D eigenvalue weighted by Crippen LogP contribution is -2.68. The summed E-state index contributed by atoms with van der Waals surface area (Å²) in [5, 5.41) is 31.3. The summed E-state index contributed by atoms with van der Waals surface area (Å²) < 4.78 is 37.6. The number of hydrogen-bond donors (Lipinski definition) is 4. The maximum atomic E-state index is 16.1. The lowest BCUT2D eigenvalue weighted by Gasteiger charge is -2.38. The summed E-state index contributed by atoms with van der Waals surface area (Å²) in [5.74, 6) is -3.54. The van der Waals surface area contributed by atoms with Crippen LogP contribution in [-0.2, 0) is 20.0 Å². The van der Waals surface area contributed by atoms with Crippen LogP contribution in [0.4, 0.5) is 4.39 Å². The Kier molecular flexibility index (Phi) is 6.40. The number of aliphatic hydroxyl groups is 3. The van der Waals surface area contributed by atoms with Gasteiger partial charge in [-0.1, -0.05) is 71.4 Å². The zero-order valence-electron chi connectivity index (χ0n) is 19.1. The minimum absolute atomic E-state index is 0.0964. The van der Waals surface area contributed by atoms with Crippen molar-refractivity contribution in [3.63, 3.8) is 0 Å². The fraction of sp³-hybridized carbons (Fsp3) is 0.280. The third-order valence-electron chi connectivity index (χ3n) is 6.62. The normalized spacial score (nSPS) is 24.2. The monoisotopic (exact) mass is 551 g/mol. The molecule has 190 valence electrons. The number of aliphatic hydroxyl groups excluding tert-OH is 1. The second-order valence-electron chi connectivity index (χ2n) is 9.06. The minimum Gasteiger partial charge on any atom is -0.394 e. The Bertz CT molecular complexity index is 1360. The molecule has 0 aliphatic carbocycles. The van der Waals surface area contributed by atoms with Crippen molar-refractivity contribution in [2.75, 3.05) is 6.61 Å². The molecular formula is C25H24ClFNO6PS. The smallest absolute Gasteiger partial charge is 0.394 e. The van der Waals surface area contributed by atoms with Gasteiger partial charge in [-0.25, -0.2) is 4.39 Å². The van der Waals surface area contributed by atoms with Gasteiger partial charge in [0.2, 0.25) is 0 Å². The van der Waals surface area contributed by atoms with Gasteiger partial charge in [-0.3, -0.25) is 13.6 Å². The van der Waals surface area contributed by atoms with Crippen LogP contribution in [0, 0.1) is 12.7 Å². The Labute approximate surface area is 216 Å². The van der Waals surface area contributed by atoms with E-state index in [2.05, 4.69) is 0 Å². The van der Waals surface area contributed by atoms with Crippen LogP contribution in [0.1, 0.15) is 17.5 Å². The Morgan fingerprint density at radius 3 is 2.31 bits per heavy atom. The summed E-state index contributed by atoms with van der Waals surface area (Å²) in [6, 6.07) is 18.6. The second kappa shape index (κ2) is 8.91. The van der Waals surface area contributed by atoms with Gasteiger partial charge >= 0.3 is 13.1 Å². The van der Waals surface area contributed by atoms with Crippen LogP contribution in [0.3, 0.4) is 0 Å². The van der Waals surface area contributed by atoms with Gasteiger partial charge in [0.15, 0.2) is 0 Å². The fourth-order valence-electron chi connectivity index (χ4n) is 4.16. The van der Waals surface area contributed by atoms with Crippen LogP contribution >= 0.6 is 31.0 Å². The highest BCUT2D eigenvalue weighted by Gasteiger charge is 3.01. The van der Waals surface area contributed by atoms with Crippen molar-refractivity contribution in [3.8, 4) is 11.1 Å². The molecule has 0 radical (unpaired) electrons. The topological polar surface area (TPSA) is 129 Å². The Morgan fingerprint density at radius 1 is 1.14 bits per heavy atom. The molecule has 0 amide bonds. The van der Waals surface area contributed by atoms with Gasteiger partial charge < -0.3 is 21.1 Å². The SMILES string of the molecule is Cc1ccc(Sc2c(-c3ccccc3)cc(Cl)c(CCC(N)(CO)C(O)(O)C34OP3(=O)O4)c2F)cc1. The Morgan fingerprint density at radius 2 is 1.75 bits per heavy atom. The first-order valence-corrected chi connectivity index (χ1v) is 13.9. The molecule has 2 heterocycles. The molecule has 36 heavy (non-hydrogen) atoms. The molecule has 5 rings (SSSR count). The van der Waals surface area contributed by atoms with Gasteiger partial charge in [-0.2, -0.15) is 0 Å². The van der Waals surface area contributed by atoms with Crippen LogP contribution in [0.5, 0.6) is 0 Å². The van der Waals surface area contributed by atoms with E-state index in [-0.39, 0.29) is 23.4 Å². The molecule has 2 fully saturated rings. The molecular weight excluding hydrogens is 528 g/mol. The van der Waals surface area contributed by atoms with Crippen LogP contribution in [0.2, 0.25) is 5.02 Å². The van der Waals surface area contributed by atoms with Gasteiger partial charge in [0, 0.05) is 21.0 Å². The van der Waals surface area contributed by atoms with Gasteiger partial charge in [0.1, 0.15) is 5.82 Å². The van der Waals surface area contributed by atoms with E-state index in [0.29, 0.717) is 10.5 Å². The first-order chi connectivity index (χ1) is 17.0. The Hall–Kier alpha value is -1.78. The van der Waals surface area contributed by atoms with E-state index >= 15 is 4.39 Å². The van der Waals surface area contributed by atoms with Gasteiger partial charge in [0.05, 0.1) is 17.0 Å². The average molecular weight is 552 g/mol. The predicted octanol–water partition coefficient (Wildman–Crippen LogP) is 4.82. The average Bonchev–Trinajstić information content (AvgIpc) is 3.68. The molecule has 0 bridgehead atoms. The summed E-state index contributed by atoms with van der Waals surface area (Å²) in [6.45, 7) is 1.05. The highest BCUT2D eigenvalue weighted by atomic mass is 35.5. The van der Waals surface area contributed by atoms with E-state index in [1.807, 2.05) is 61.5 Å². The van der Waals surface area contributed by atoms with E-state index in [9.17, 15) is 19.9 Å². The number of fused-ring (bicyclic) bond motifs is 1. The molecule has 1 unspecified atom stereocenters. The van der Waals surface area contributed by atoms with Gasteiger partial charge in [-0.05, 0) is 43.5 Å². The Balaban J connectivity index is 1.51. The first kappa shape index (κ1) is 25.9. The van der Waals surface area contributed by atoms with E-state index in [1.165, 1.54) is 11.8 Å². The molecule has 11 heteroatoms. The second-order valence-corrected chi connectivity index (χ2v) is 12.5. The van der Waals surface area contributed by atoms with E-state index in [1.54, 1.807) is 6.07 Å². The largest absolute Gasteiger partial charge is 0.403 e. The van der Waals surface area contributed by atoms with Crippen LogP contribution in [-0.4, -0.2) is 38.8 Å². The van der Waals surface area contributed by atoms with E-state index < -0.39 is 36.9 Å². The van der Waals surface area contributed by atoms with Gasteiger partial charge in [-0.15, -0.1) is 0 Å². The van der Waals surface area contributed by atoms with Crippen LogP contribution < -0.4 is 5.73 Å². The van der Waals surface area contributed by atoms with E-state index in [4.69, 9.17) is 26.4 Å². The lowest BCUT2D eigenvalue weighted by atomic mass is 9.83. The van der Waals surface area contributed by atoms with Crippen LogP contribution in [0.15, 0.2) is 70.5 Å². The quantitative estimate of drug-likeness (QED) is 0.169. The standard InChI is InChI=1S/C25H24ClFNO6PS/c1-15-7-9-17(10-8-15)36-22-19(16-5-3-2-4-6-16)13-20(26)18(21(22)27)11-12-23(28,14-29)24(30,31)25-33-35(25,32)34-25/h2-10,13,29-31H,11-12,14,28H2,1H3. The van der Waals surface area contributed by atoms with Crippen LogP contribution in [0.25, 0.3) is 11.1 Å². The van der Waals surface area contributed by atoms with Crippen molar-refractivity contribution in [1.82, 2.24) is 0 Å². The van der Waals surface area contributed by atoms with Crippen molar-refractivity contribution < 1.29 is 33.3 Å². The molecule has 7 nitrogen and oxygen atoms in total. The zero-order valence-corrected chi connectivity index (χ0v) is 21.6. The number of benzene rings is 3. The third kappa shape index (κ3) is 4.04. The molecule has 2 aliphatic rings. The van der Waals surface area contributed by atoms with Crippen molar-refractivity contribution >= 4 is 31.0 Å². The molecule has 0 aromatic heterocycles. The molecule has 3 aromatic carbocycles. The van der Waals surface area contributed by atoms with Crippen molar-refractivity contribution in [2.24, 2.45) is 5.73 Å². The maximum absolute atomic E-state index is 16.1. The molecule has 3 aromatic rings. The van der Waals surface area contributed by atoms with Crippen molar-refractivity contribution in [3.05, 3.63) is 82.6 Å². The number of halogens is 2. The summed E-state index contributed by atoms with van der Waals surface area (Å²) in [5.41, 5.74) is 4.41. The summed E-state index contributed by atoms with van der Waals surface area (Å²) >= 11 is 7.77. The highest BCUT2D eigenvalue weighted by Crippen LogP contribution is 3.00. The lowest BCUT2D eigenvalue weighted by molar-refractivity contribution is -0.290. The maximum Gasteiger partial charge on any atom is 0.403 e. The van der Waals surface area contributed by atoms with Crippen molar-refractivity contribution in [1.29, 1.82) is 0 Å². The molecule has 2 saturated heterocycles. The molecule has 5 N–H and O–H groups in total. The molecule has 1 atom stereocenters. The van der Waals surface area contributed by atoms with Gasteiger partial charge in [0.25, 0.3) is 5.79 Å². The highest BCUT2D eigenvalue weighted by molar-refractivity contribution is 7.99. The number of hydrogen-bond acceptors (Lipinski definition) is 8. The number of aryl methyl sites for hydroxylation is 1. The third-order valence-corrected chi connectivity index (χ3v) is 9.94. The minimum atomic E-state index is -3.58. The molecule has 0 saturated carbocycles. The fourth-order valence-corrected chi connectivity index (χ4v) is 7.30. The number of rotatable bonds is 9. The predicted molar refractivity (Wildman–Crippen MR) is 134 cm³/mol.